The highest BCUT2D eigenvalue weighted by Crippen LogP contribution is 2.26. The molecule has 0 saturated carbocycles. The summed E-state index contributed by atoms with van der Waals surface area (Å²) in [5.74, 6) is 0.801. The molecule has 0 saturated heterocycles. The average molecular weight is 195 g/mol. The molecule has 0 heteroatoms. The zero-order valence-electron chi connectivity index (χ0n) is 10.9. The van der Waals surface area contributed by atoms with Crippen molar-refractivity contribution in [2.45, 2.75) is 60.8 Å². The lowest BCUT2D eigenvalue weighted by Crippen LogP contribution is -2.10. The maximum Gasteiger partial charge on any atom is -0.0143 e. The molecule has 0 bridgehead atoms. The SMILES string of the molecule is CC[CH]C(C)=CCC(C)CC(C)(C)C. The molecule has 0 amide bonds. The van der Waals surface area contributed by atoms with E-state index in [2.05, 4.69) is 54.0 Å². The van der Waals surface area contributed by atoms with Crippen molar-refractivity contribution in [3.63, 3.8) is 0 Å². The lowest BCUT2D eigenvalue weighted by Gasteiger charge is -2.22. The molecule has 1 unspecified atom stereocenters. The molecule has 0 aliphatic rings. The molecule has 0 aliphatic carbocycles. The highest BCUT2D eigenvalue weighted by atomic mass is 14.2. The van der Waals surface area contributed by atoms with Crippen LogP contribution in [-0.4, -0.2) is 0 Å². The molecule has 0 N–H and O–H groups in total. The molecule has 0 aliphatic heterocycles. The van der Waals surface area contributed by atoms with Gasteiger partial charge in [-0.1, -0.05) is 46.3 Å². The Morgan fingerprint density at radius 1 is 1.29 bits per heavy atom. The second-order valence-corrected chi connectivity index (χ2v) is 5.67. The van der Waals surface area contributed by atoms with Crippen LogP contribution in [0.2, 0.25) is 0 Å². The number of hydrogen-bond donors (Lipinski definition) is 0. The summed E-state index contributed by atoms with van der Waals surface area (Å²) < 4.78 is 0. The summed E-state index contributed by atoms with van der Waals surface area (Å²) in [6.07, 6.45) is 8.35. The van der Waals surface area contributed by atoms with Crippen LogP contribution >= 0.6 is 0 Å². The Morgan fingerprint density at radius 2 is 1.86 bits per heavy atom. The van der Waals surface area contributed by atoms with E-state index in [1.54, 1.807) is 0 Å². The third-order valence-corrected chi connectivity index (χ3v) is 2.33. The van der Waals surface area contributed by atoms with Crippen LogP contribution in [0.1, 0.15) is 60.8 Å². The summed E-state index contributed by atoms with van der Waals surface area (Å²) in [7, 11) is 0. The molecule has 1 atom stereocenters. The van der Waals surface area contributed by atoms with E-state index >= 15 is 0 Å². The van der Waals surface area contributed by atoms with E-state index in [1.165, 1.54) is 18.4 Å². The number of hydrogen-bond acceptors (Lipinski definition) is 0. The Balaban J connectivity index is 3.84. The molecule has 0 aromatic carbocycles. The van der Waals surface area contributed by atoms with Crippen LogP contribution in [0.5, 0.6) is 0 Å². The third-order valence-electron chi connectivity index (χ3n) is 2.33. The Kier molecular flexibility index (Phi) is 6.15. The van der Waals surface area contributed by atoms with Gasteiger partial charge < -0.3 is 0 Å². The Bertz CT molecular complexity index is 169. The lowest BCUT2D eigenvalue weighted by molar-refractivity contribution is 0.308. The van der Waals surface area contributed by atoms with Crippen molar-refractivity contribution < 1.29 is 0 Å². The van der Waals surface area contributed by atoms with Gasteiger partial charge in [-0.2, -0.15) is 0 Å². The highest BCUT2D eigenvalue weighted by molar-refractivity contribution is 5.09. The maximum atomic E-state index is 2.37. The van der Waals surface area contributed by atoms with E-state index < -0.39 is 0 Å². The highest BCUT2D eigenvalue weighted by Gasteiger charge is 2.14. The van der Waals surface area contributed by atoms with Gasteiger partial charge in [0.15, 0.2) is 0 Å². The fourth-order valence-corrected chi connectivity index (χ4v) is 1.92. The molecule has 0 nitrogen and oxygen atoms in total. The smallest absolute Gasteiger partial charge is 0.0143 e. The monoisotopic (exact) mass is 195 g/mol. The first-order valence-corrected chi connectivity index (χ1v) is 5.85. The second-order valence-electron chi connectivity index (χ2n) is 5.67. The minimum atomic E-state index is 0.468. The third kappa shape index (κ3) is 8.34. The molecule has 1 radical (unpaired) electrons. The largest absolute Gasteiger partial charge is 0.0850 e. The average Bonchev–Trinajstić information content (AvgIpc) is 1.98. The van der Waals surface area contributed by atoms with Gasteiger partial charge in [-0.3, -0.25) is 0 Å². The van der Waals surface area contributed by atoms with E-state index in [0.717, 1.165) is 12.3 Å². The van der Waals surface area contributed by atoms with Gasteiger partial charge in [-0.25, -0.2) is 0 Å². The molecule has 0 rings (SSSR count). The van der Waals surface area contributed by atoms with E-state index in [9.17, 15) is 0 Å². The Labute approximate surface area is 90.8 Å². The summed E-state index contributed by atoms with van der Waals surface area (Å²) in [5.41, 5.74) is 1.91. The minimum Gasteiger partial charge on any atom is -0.0850 e. The van der Waals surface area contributed by atoms with Crippen LogP contribution in [0.4, 0.5) is 0 Å². The van der Waals surface area contributed by atoms with Gasteiger partial charge >= 0.3 is 0 Å². The summed E-state index contributed by atoms with van der Waals surface area (Å²) in [6.45, 7) is 13.7. The first kappa shape index (κ1) is 13.7. The zero-order chi connectivity index (χ0) is 11.2. The standard InChI is InChI=1S/C14H27/c1-7-8-12(2)9-10-13(3)11-14(4,5)6/h8-9,13H,7,10-11H2,1-6H3. The Hall–Kier alpha value is -0.260. The number of allylic oxidation sites excluding steroid dienone is 2. The van der Waals surface area contributed by atoms with Gasteiger partial charge in [0, 0.05) is 0 Å². The van der Waals surface area contributed by atoms with Crippen LogP contribution in [-0.2, 0) is 0 Å². The Morgan fingerprint density at radius 3 is 2.29 bits per heavy atom. The quantitative estimate of drug-likeness (QED) is 0.578. The zero-order valence-corrected chi connectivity index (χ0v) is 10.9. The predicted molar refractivity (Wildman–Crippen MR) is 66.2 cm³/mol. The second kappa shape index (κ2) is 6.27. The van der Waals surface area contributed by atoms with Crippen molar-refractivity contribution >= 4 is 0 Å². The van der Waals surface area contributed by atoms with Gasteiger partial charge in [0.05, 0.1) is 0 Å². The van der Waals surface area contributed by atoms with Gasteiger partial charge in [0.1, 0.15) is 0 Å². The van der Waals surface area contributed by atoms with Crippen molar-refractivity contribution in [2.75, 3.05) is 0 Å². The summed E-state index contributed by atoms with van der Waals surface area (Å²) in [6, 6.07) is 0. The molecule has 0 heterocycles. The first-order valence-electron chi connectivity index (χ1n) is 5.85. The molecule has 0 fully saturated rings. The van der Waals surface area contributed by atoms with Crippen molar-refractivity contribution in [1.82, 2.24) is 0 Å². The van der Waals surface area contributed by atoms with Gasteiger partial charge in [0.2, 0.25) is 0 Å². The summed E-state index contributed by atoms with van der Waals surface area (Å²) in [5, 5.41) is 0. The van der Waals surface area contributed by atoms with E-state index in [-0.39, 0.29) is 0 Å². The van der Waals surface area contributed by atoms with Gasteiger partial charge in [0.25, 0.3) is 0 Å². The molecule has 14 heavy (non-hydrogen) atoms. The predicted octanol–water partition coefficient (Wildman–Crippen LogP) is 5.01. The van der Waals surface area contributed by atoms with E-state index in [1.807, 2.05) is 0 Å². The van der Waals surface area contributed by atoms with Crippen molar-refractivity contribution in [1.29, 1.82) is 0 Å². The van der Waals surface area contributed by atoms with Crippen LogP contribution in [0, 0.1) is 17.8 Å². The molecule has 0 spiro atoms. The summed E-state index contributed by atoms with van der Waals surface area (Å²) >= 11 is 0. The fraction of sp³-hybridized carbons (Fsp3) is 0.786. The normalized spacial score (nSPS) is 15.7. The minimum absolute atomic E-state index is 0.468. The maximum absolute atomic E-state index is 2.37. The van der Waals surface area contributed by atoms with Crippen LogP contribution < -0.4 is 0 Å². The van der Waals surface area contributed by atoms with Crippen molar-refractivity contribution in [3.05, 3.63) is 18.1 Å². The van der Waals surface area contributed by atoms with E-state index in [0.29, 0.717) is 5.41 Å². The molecular formula is C14H27. The van der Waals surface area contributed by atoms with Crippen molar-refractivity contribution in [3.8, 4) is 0 Å². The van der Waals surface area contributed by atoms with Gasteiger partial charge in [-0.15, -0.1) is 0 Å². The molecule has 0 aromatic rings. The van der Waals surface area contributed by atoms with Gasteiger partial charge in [-0.05, 0) is 43.9 Å². The van der Waals surface area contributed by atoms with Crippen LogP contribution in [0.25, 0.3) is 0 Å². The fourth-order valence-electron chi connectivity index (χ4n) is 1.92. The first-order chi connectivity index (χ1) is 6.35. The lowest BCUT2D eigenvalue weighted by atomic mass is 9.84. The molecular weight excluding hydrogens is 168 g/mol. The molecule has 0 aromatic heterocycles. The molecule has 83 valence electrons. The summed E-state index contributed by atoms with van der Waals surface area (Å²) in [4.78, 5) is 0. The topological polar surface area (TPSA) is 0 Å². The number of rotatable bonds is 5. The van der Waals surface area contributed by atoms with Crippen molar-refractivity contribution in [2.24, 2.45) is 11.3 Å². The van der Waals surface area contributed by atoms with Crippen LogP contribution in [0.3, 0.4) is 0 Å². The van der Waals surface area contributed by atoms with E-state index in [4.69, 9.17) is 0 Å². The van der Waals surface area contributed by atoms with Crippen LogP contribution in [0.15, 0.2) is 11.6 Å².